The summed E-state index contributed by atoms with van der Waals surface area (Å²) in [5.41, 5.74) is 8.02. The molecule has 0 unspecified atom stereocenters. The molecule has 0 heterocycles. The van der Waals surface area contributed by atoms with Crippen molar-refractivity contribution in [2.75, 3.05) is 6.54 Å². The molecule has 0 fully saturated rings. The lowest BCUT2D eigenvalue weighted by molar-refractivity contribution is -0.385. The van der Waals surface area contributed by atoms with Gasteiger partial charge in [0.2, 0.25) is 0 Å². The van der Waals surface area contributed by atoms with E-state index in [4.69, 9.17) is 28.7 Å². The second-order valence-corrected chi connectivity index (χ2v) is 3.86. The summed E-state index contributed by atoms with van der Waals surface area (Å²) in [5.74, 6) is 5.26. The van der Waals surface area contributed by atoms with Crippen LogP contribution in [0.25, 0.3) is 10.4 Å². The summed E-state index contributed by atoms with van der Waals surface area (Å²) in [5, 5.41) is 14.4. The van der Waals surface area contributed by atoms with E-state index in [1.165, 1.54) is 6.07 Å². The molecule has 92 valence electrons. The molecule has 0 N–H and O–H groups in total. The predicted octanol–water partition coefficient (Wildman–Crippen LogP) is 3.95. The van der Waals surface area contributed by atoms with Crippen LogP contribution in [0.2, 0.25) is 10.0 Å². The Morgan fingerprint density at radius 2 is 2.11 bits per heavy atom. The molecule has 0 bridgehead atoms. The number of hydrogen-bond acceptors (Lipinski definition) is 3. The lowest BCUT2D eigenvalue weighted by atomic mass is 10.2. The SMILES string of the molecule is [N-]=[N+]=NCCC#Cc1cc(Cl)c(Cl)cc1[N+](=O)[O-]. The van der Waals surface area contributed by atoms with Crippen LogP contribution in [-0.2, 0) is 0 Å². The summed E-state index contributed by atoms with van der Waals surface area (Å²) < 4.78 is 0. The summed E-state index contributed by atoms with van der Waals surface area (Å²) in [6.45, 7) is 0.207. The molecule has 1 aromatic carbocycles. The highest BCUT2D eigenvalue weighted by Crippen LogP contribution is 2.29. The number of nitrogens with zero attached hydrogens (tertiary/aromatic N) is 4. The van der Waals surface area contributed by atoms with Crippen molar-refractivity contribution < 1.29 is 4.92 Å². The van der Waals surface area contributed by atoms with Gasteiger partial charge in [0.15, 0.2) is 0 Å². The van der Waals surface area contributed by atoms with E-state index in [9.17, 15) is 10.1 Å². The van der Waals surface area contributed by atoms with Crippen LogP contribution in [0.15, 0.2) is 17.2 Å². The van der Waals surface area contributed by atoms with Crippen molar-refractivity contribution >= 4 is 28.9 Å². The molecular weight excluding hydrogens is 279 g/mol. The summed E-state index contributed by atoms with van der Waals surface area (Å²) >= 11 is 11.5. The zero-order chi connectivity index (χ0) is 13.5. The highest BCUT2D eigenvalue weighted by Gasteiger charge is 2.15. The lowest BCUT2D eigenvalue weighted by Crippen LogP contribution is -1.92. The van der Waals surface area contributed by atoms with Crippen LogP contribution < -0.4 is 0 Å². The highest BCUT2D eigenvalue weighted by atomic mass is 35.5. The molecule has 0 aliphatic heterocycles. The molecule has 0 aromatic heterocycles. The maximum Gasteiger partial charge on any atom is 0.286 e. The normalized spacial score (nSPS) is 9.00. The zero-order valence-electron chi connectivity index (χ0n) is 8.93. The van der Waals surface area contributed by atoms with E-state index in [0.717, 1.165) is 6.07 Å². The maximum atomic E-state index is 10.8. The first-order valence-electron chi connectivity index (χ1n) is 4.69. The van der Waals surface area contributed by atoms with Crippen LogP contribution in [0, 0.1) is 22.0 Å². The van der Waals surface area contributed by atoms with Crippen molar-refractivity contribution in [1.82, 2.24) is 0 Å². The number of rotatable bonds is 3. The van der Waals surface area contributed by atoms with E-state index >= 15 is 0 Å². The van der Waals surface area contributed by atoms with E-state index < -0.39 is 4.92 Å². The van der Waals surface area contributed by atoms with Crippen LogP contribution in [0.3, 0.4) is 0 Å². The topological polar surface area (TPSA) is 91.9 Å². The first kappa shape index (κ1) is 14.1. The van der Waals surface area contributed by atoms with Crippen molar-refractivity contribution in [1.29, 1.82) is 0 Å². The molecule has 0 amide bonds. The predicted molar refractivity (Wildman–Crippen MR) is 68.6 cm³/mol. The van der Waals surface area contributed by atoms with Crippen molar-refractivity contribution in [3.63, 3.8) is 0 Å². The number of hydrogen-bond donors (Lipinski definition) is 0. The lowest BCUT2D eigenvalue weighted by Gasteiger charge is -1.98. The molecule has 0 saturated heterocycles. The van der Waals surface area contributed by atoms with E-state index in [0.29, 0.717) is 6.42 Å². The third-order valence-electron chi connectivity index (χ3n) is 1.86. The van der Waals surface area contributed by atoms with Gasteiger partial charge in [-0.05, 0) is 11.6 Å². The molecule has 1 rings (SSSR count). The van der Waals surface area contributed by atoms with Crippen LogP contribution in [0.4, 0.5) is 5.69 Å². The number of halogens is 2. The van der Waals surface area contributed by atoms with Crippen LogP contribution in [-0.4, -0.2) is 11.5 Å². The Bertz CT molecular complexity index is 586. The van der Waals surface area contributed by atoms with Gasteiger partial charge in [-0.2, -0.15) is 0 Å². The van der Waals surface area contributed by atoms with Gasteiger partial charge in [0.1, 0.15) is 5.56 Å². The van der Waals surface area contributed by atoms with Crippen LogP contribution in [0.1, 0.15) is 12.0 Å². The molecule has 0 aliphatic carbocycles. The smallest absolute Gasteiger partial charge is 0.258 e. The Kier molecular flexibility index (Phi) is 5.28. The van der Waals surface area contributed by atoms with Crippen molar-refractivity contribution in [2.45, 2.75) is 6.42 Å². The Hall–Kier alpha value is -1.93. The van der Waals surface area contributed by atoms with Crippen LogP contribution in [0.5, 0.6) is 0 Å². The summed E-state index contributed by atoms with van der Waals surface area (Å²) in [6.07, 6.45) is 0.307. The molecule has 0 atom stereocenters. The largest absolute Gasteiger partial charge is 0.286 e. The number of nitro groups is 1. The van der Waals surface area contributed by atoms with E-state index in [2.05, 4.69) is 21.9 Å². The van der Waals surface area contributed by atoms with E-state index in [-0.39, 0.29) is 27.8 Å². The average molecular weight is 285 g/mol. The first-order valence-corrected chi connectivity index (χ1v) is 5.45. The molecule has 6 nitrogen and oxygen atoms in total. The van der Waals surface area contributed by atoms with Crippen molar-refractivity contribution in [3.8, 4) is 11.8 Å². The Morgan fingerprint density at radius 3 is 2.72 bits per heavy atom. The second kappa shape index (κ2) is 6.72. The molecule has 8 heteroatoms. The van der Waals surface area contributed by atoms with E-state index in [1.807, 2.05) is 0 Å². The van der Waals surface area contributed by atoms with Gasteiger partial charge in [0.25, 0.3) is 5.69 Å². The third kappa shape index (κ3) is 3.82. The number of benzene rings is 1. The molecular formula is C10H6Cl2N4O2. The van der Waals surface area contributed by atoms with Crippen molar-refractivity contribution in [3.05, 3.63) is 48.3 Å². The fourth-order valence-corrected chi connectivity index (χ4v) is 1.42. The first-order chi connectivity index (χ1) is 8.56. The fourth-order valence-electron chi connectivity index (χ4n) is 1.10. The maximum absolute atomic E-state index is 10.8. The minimum atomic E-state index is -0.584. The monoisotopic (exact) mass is 284 g/mol. The van der Waals surface area contributed by atoms with Gasteiger partial charge in [-0.1, -0.05) is 40.2 Å². The third-order valence-corrected chi connectivity index (χ3v) is 2.58. The molecule has 18 heavy (non-hydrogen) atoms. The van der Waals surface area contributed by atoms with Gasteiger partial charge in [0, 0.05) is 23.9 Å². The second-order valence-electron chi connectivity index (χ2n) is 3.05. The van der Waals surface area contributed by atoms with Gasteiger partial charge in [-0.15, -0.1) is 0 Å². The quantitative estimate of drug-likeness (QED) is 0.160. The van der Waals surface area contributed by atoms with Crippen molar-refractivity contribution in [2.24, 2.45) is 5.11 Å². The number of nitro benzene ring substituents is 1. The standard InChI is InChI=1S/C10H6Cl2N4O2/c11-8-5-7(3-1-2-4-14-15-13)10(16(17)18)6-9(8)12/h5-6H,2,4H2. The number of azide groups is 1. The van der Waals surface area contributed by atoms with Gasteiger partial charge < -0.3 is 0 Å². The Balaban J connectivity index is 3.03. The van der Waals surface area contributed by atoms with Crippen LogP contribution >= 0.6 is 23.2 Å². The summed E-state index contributed by atoms with van der Waals surface area (Å²) in [4.78, 5) is 12.8. The highest BCUT2D eigenvalue weighted by molar-refractivity contribution is 6.42. The minimum Gasteiger partial charge on any atom is -0.258 e. The zero-order valence-corrected chi connectivity index (χ0v) is 10.4. The Morgan fingerprint density at radius 1 is 1.44 bits per heavy atom. The molecule has 0 aliphatic rings. The molecule has 0 saturated carbocycles. The minimum absolute atomic E-state index is 0.1000. The van der Waals surface area contributed by atoms with Gasteiger partial charge in [-0.3, -0.25) is 10.1 Å². The van der Waals surface area contributed by atoms with E-state index in [1.54, 1.807) is 0 Å². The van der Waals surface area contributed by atoms with Gasteiger partial charge in [0.05, 0.1) is 15.0 Å². The molecule has 1 aromatic rings. The Labute approximate surface area is 112 Å². The molecule has 0 radical (unpaired) electrons. The molecule has 0 spiro atoms. The average Bonchev–Trinajstić information content (AvgIpc) is 2.32. The van der Waals surface area contributed by atoms with Gasteiger partial charge in [-0.25, -0.2) is 0 Å². The van der Waals surface area contributed by atoms with Gasteiger partial charge >= 0.3 is 0 Å². The summed E-state index contributed by atoms with van der Waals surface area (Å²) in [6, 6.07) is 2.49. The fraction of sp³-hybridized carbons (Fsp3) is 0.200. The summed E-state index contributed by atoms with van der Waals surface area (Å²) in [7, 11) is 0.